The molecule has 1 fully saturated rings. The third kappa shape index (κ3) is 3.14. The van der Waals surface area contributed by atoms with E-state index in [9.17, 15) is 18.5 Å². The van der Waals surface area contributed by atoms with E-state index in [4.69, 9.17) is 10.5 Å². The molecule has 1 aliphatic rings. The maximum atomic E-state index is 12.6. The smallest absolute Gasteiger partial charge is 0.270 e. The molecule has 0 aromatic heterocycles. The molecule has 9 heteroatoms. The molecule has 0 bridgehead atoms. The first-order valence-corrected chi connectivity index (χ1v) is 7.85. The number of morpholine rings is 1. The van der Waals surface area contributed by atoms with Gasteiger partial charge in [-0.3, -0.25) is 10.1 Å². The molecule has 8 nitrogen and oxygen atoms in total. The monoisotopic (exact) mass is 315 g/mol. The van der Waals surface area contributed by atoms with Gasteiger partial charge in [0, 0.05) is 25.2 Å². The van der Waals surface area contributed by atoms with Crippen LogP contribution < -0.4 is 5.73 Å². The van der Waals surface area contributed by atoms with E-state index in [2.05, 4.69) is 0 Å². The molecule has 1 aromatic rings. The summed E-state index contributed by atoms with van der Waals surface area (Å²) in [5.41, 5.74) is 5.38. The summed E-state index contributed by atoms with van der Waals surface area (Å²) in [6.45, 7) is 3.92. The highest BCUT2D eigenvalue weighted by molar-refractivity contribution is 7.89. The number of nitrogens with two attached hydrogens (primary N) is 1. The van der Waals surface area contributed by atoms with Gasteiger partial charge in [0.05, 0.1) is 22.8 Å². The van der Waals surface area contributed by atoms with Crippen LogP contribution in [-0.4, -0.2) is 42.9 Å². The van der Waals surface area contributed by atoms with E-state index in [0.29, 0.717) is 0 Å². The number of ether oxygens (including phenoxy) is 1. The summed E-state index contributed by atoms with van der Waals surface area (Å²) >= 11 is 0. The Morgan fingerprint density at radius 2 is 1.90 bits per heavy atom. The molecule has 0 spiro atoms. The molecule has 1 aromatic carbocycles. The number of nitrogen functional groups attached to an aromatic ring is 1. The van der Waals surface area contributed by atoms with Crippen LogP contribution in [0.3, 0.4) is 0 Å². The predicted octanol–water partition coefficient (Wildman–Crippen LogP) is 0.975. The minimum Gasteiger partial charge on any atom is -0.398 e. The lowest BCUT2D eigenvalue weighted by Gasteiger charge is -2.34. The number of nitrogens with zero attached hydrogens (tertiary/aromatic N) is 2. The highest BCUT2D eigenvalue weighted by Crippen LogP contribution is 2.28. The van der Waals surface area contributed by atoms with Gasteiger partial charge in [0.25, 0.3) is 5.69 Å². The maximum absolute atomic E-state index is 12.6. The first kappa shape index (κ1) is 15.7. The first-order valence-electron chi connectivity index (χ1n) is 6.41. The quantitative estimate of drug-likeness (QED) is 0.505. The molecule has 0 radical (unpaired) electrons. The summed E-state index contributed by atoms with van der Waals surface area (Å²) in [5, 5.41) is 10.8. The molecule has 21 heavy (non-hydrogen) atoms. The second-order valence-electron chi connectivity index (χ2n) is 5.06. The topological polar surface area (TPSA) is 116 Å². The Morgan fingerprint density at radius 3 is 2.43 bits per heavy atom. The number of hydrogen-bond donors (Lipinski definition) is 1. The molecule has 1 aliphatic heterocycles. The minimum absolute atomic E-state index is 0.00704. The Labute approximate surface area is 122 Å². The fraction of sp³-hybridized carbons (Fsp3) is 0.500. The van der Waals surface area contributed by atoms with Crippen molar-refractivity contribution in [1.82, 2.24) is 4.31 Å². The molecule has 116 valence electrons. The van der Waals surface area contributed by atoms with Crippen molar-refractivity contribution in [2.75, 3.05) is 18.8 Å². The normalized spacial score (nSPS) is 23.9. The second kappa shape index (κ2) is 5.58. The lowest BCUT2D eigenvalue weighted by molar-refractivity contribution is -0.385. The minimum atomic E-state index is -3.89. The zero-order valence-electron chi connectivity index (χ0n) is 11.7. The van der Waals surface area contributed by atoms with Crippen molar-refractivity contribution in [1.29, 1.82) is 0 Å². The van der Waals surface area contributed by atoms with Crippen LogP contribution in [0.2, 0.25) is 0 Å². The van der Waals surface area contributed by atoms with E-state index in [1.165, 1.54) is 16.4 Å². The Bertz CT molecular complexity index is 651. The molecule has 1 saturated heterocycles. The van der Waals surface area contributed by atoms with Gasteiger partial charge in [-0.05, 0) is 19.9 Å². The molecule has 2 unspecified atom stereocenters. The van der Waals surface area contributed by atoms with E-state index in [1.807, 2.05) is 0 Å². The molecular weight excluding hydrogens is 298 g/mol. The molecule has 2 atom stereocenters. The summed E-state index contributed by atoms with van der Waals surface area (Å²) in [5.74, 6) is 0. The Hall–Kier alpha value is -1.71. The summed E-state index contributed by atoms with van der Waals surface area (Å²) in [4.78, 5) is 9.92. The van der Waals surface area contributed by atoms with Gasteiger partial charge in [-0.2, -0.15) is 4.31 Å². The van der Waals surface area contributed by atoms with E-state index in [0.717, 1.165) is 6.07 Å². The largest absolute Gasteiger partial charge is 0.398 e. The van der Waals surface area contributed by atoms with Crippen molar-refractivity contribution >= 4 is 21.4 Å². The molecule has 1 heterocycles. The van der Waals surface area contributed by atoms with Crippen LogP contribution in [0.25, 0.3) is 0 Å². The van der Waals surface area contributed by atoms with Crippen LogP contribution in [0.5, 0.6) is 0 Å². The van der Waals surface area contributed by atoms with E-state index < -0.39 is 14.9 Å². The van der Waals surface area contributed by atoms with Crippen LogP contribution in [0.1, 0.15) is 13.8 Å². The standard InChI is InChI=1S/C12H17N3O5S/c1-8-6-14(7-9(2)20-8)21(18,19)12-5-10(15(16)17)3-4-11(12)13/h3-5,8-9H,6-7,13H2,1-2H3. The number of anilines is 1. The summed E-state index contributed by atoms with van der Waals surface area (Å²) in [7, 11) is -3.89. The average Bonchev–Trinajstić information content (AvgIpc) is 2.37. The fourth-order valence-corrected chi connectivity index (χ4v) is 4.05. The molecule has 0 saturated carbocycles. The second-order valence-corrected chi connectivity index (χ2v) is 6.96. The van der Waals surface area contributed by atoms with Gasteiger partial charge in [-0.15, -0.1) is 0 Å². The highest BCUT2D eigenvalue weighted by Gasteiger charge is 2.34. The number of non-ortho nitro benzene ring substituents is 1. The number of rotatable bonds is 3. The van der Waals surface area contributed by atoms with Gasteiger partial charge >= 0.3 is 0 Å². The number of benzene rings is 1. The third-order valence-corrected chi connectivity index (χ3v) is 5.10. The van der Waals surface area contributed by atoms with Crippen LogP contribution >= 0.6 is 0 Å². The molecule has 2 N–H and O–H groups in total. The predicted molar refractivity (Wildman–Crippen MR) is 76.3 cm³/mol. The average molecular weight is 315 g/mol. The van der Waals surface area contributed by atoms with Crippen molar-refractivity contribution in [3.8, 4) is 0 Å². The van der Waals surface area contributed by atoms with Gasteiger partial charge in [0.15, 0.2) is 0 Å². The maximum Gasteiger partial charge on any atom is 0.270 e. The van der Waals surface area contributed by atoms with Gasteiger partial charge in [0.1, 0.15) is 4.90 Å². The van der Waals surface area contributed by atoms with Crippen molar-refractivity contribution in [2.24, 2.45) is 0 Å². The van der Waals surface area contributed by atoms with Gasteiger partial charge in [-0.25, -0.2) is 8.42 Å². The molecule has 0 aliphatic carbocycles. The van der Waals surface area contributed by atoms with E-state index in [-0.39, 0.29) is 41.6 Å². The van der Waals surface area contributed by atoms with E-state index in [1.54, 1.807) is 13.8 Å². The van der Waals surface area contributed by atoms with Gasteiger partial charge in [0.2, 0.25) is 10.0 Å². The lowest BCUT2D eigenvalue weighted by Crippen LogP contribution is -2.48. The van der Waals surface area contributed by atoms with Crippen molar-refractivity contribution in [3.63, 3.8) is 0 Å². The van der Waals surface area contributed by atoms with Gasteiger partial charge < -0.3 is 10.5 Å². The zero-order chi connectivity index (χ0) is 15.8. The zero-order valence-corrected chi connectivity index (χ0v) is 12.5. The summed E-state index contributed by atoms with van der Waals surface area (Å²) < 4.78 is 32.0. The number of hydrogen-bond acceptors (Lipinski definition) is 6. The number of sulfonamides is 1. The SMILES string of the molecule is CC1CN(S(=O)(=O)c2cc([N+](=O)[O-])ccc2N)CC(C)O1. The molecule has 0 amide bonds. The van der Waals surface area contributed by atoms with Crippen LogP contribution in [0, 0.1) is 10.1 Å². The Balaban J connectivity index is 2.44. The number of nitro benzene ring substituents is 1. The third-order valence-electron chi connectivity index (χ3n) is 3.21. The number of nitro groups is 1. The van der Waals surface area contributed by atoms with Crippen molar-refractivity contribution in [3.05, 3.63) is 28.3 Å². The van der Waals surface area contributed by atoms with Crippen LogP contribution in [0.4, 0.5) is 11.4 Å². The first-order chi connectivity index (χ1) is 9.71. The lowest BCUT2D eigenvalue weighted by atomic mass is 10.3. The van der Waals surface area contributed by atoms with Crippen LogP contribution in [-0.2, 0) is 14.8 Å². The van der Waals surface area contributed by atoms with Crippen LogP contribution in [0.15, 0.2) is 23.1 Å². The summed E-state index contributed by atoms with van der Waals surface area (Å²) in [6, 6.07) is 3.41. The van der Waals surface area contributed by atoms with Gasteiger partial charge in [-0.1, -0.05) is 0 Å². The molecular formula is C12H17N3O5S. The molecule has 2 rings (SSSR count). The van der Waals surface area contributed by atoms with Crippen molar-refractivity contribution in [2.45, 2.75) is 31.0 Å². The summed E-state index contributed by atoms with van der Waals surface area (Å²) in [6.07, 6.45) is -0.494. The van der Waals surface area contributed by atoms with E-state index >= 15 is 0 Å². The fourth-order valence-electron chi connectivity index (χ4n) is 2.33. The Kier molecular flexibility index (Phi) is 4.17. The highest BCUT2D eigenvalue weighted by atomic mass is 32.2. The Morgan fingerprint density at radius 1 is 1.33 bits per heavy atom. The van der Waals surface area contributed by atoms with Crippen molar-refractivity contribution < 1.29 is 18.1 Å².